The summed E-state index contributed by atoms with van der Waals surface area (Å²) in [6.45, 7) is 9.81. The van der Waals surface area contributed by atoms with Crippen LogP contribution in [0.5, 0.6) is 5.75 Å². The molecule has 0 heterocycles. The first kappa shape index (κ1) is 24.5. The molecule has 0 saturated carbocycles. The Bertz CT molecular complexity index is 1130. The third kappa shape index (κ3) is 6.68. The molecular weight excluding hydrogens is 480 g/mol. The number of anilines is 2. The van der Waals surface area contributed by atoms with Gasteiger partial charge in [-0.3, -0.25) is 9.59 Å². The lowest BCUT2D eigenvalue weighted by Crippen LogP contribution is -2.42. The molecule has 0 aliphatic carbocycles. The van der Waals surface area contributed by atoms with Crippen molar-refractivity contribution >= 4 is 39.1 Å². The Morgan fingerprint density at radius 2 is 1.36 bits per heavy atom. The highest BCUT2D eigenvalue weighted by Crippen LogP contribution is 2.24. The molecule has 6 heteroatoms. The minimum absolute atomic E-state index is 0.0242. The van der Waals surface area contributed by atoms with E-state index in [0.29, 0.717) is 22.7 Å². The van der Waals surface area contributed by atoms with Gasteiger partial charge in [0, 0.05) is 21.4 Å². The third-order valence-electron chi connectivity index (χ3n) is 5.12. The number of nitrogens with one attached hydrogen (secondary N) is 2. The topological polar surface area (TPSA) is 67.4 Å². The molecule has 3 aromatic carbocycles. The van der Waals surface area contributed by atoms with Crippen molar-refractivity contribution in [2.75, 3.05) is 10.6 Å². The van der Waals surface area contributed by atoms with Gasteiger partial charge in [0.2, 0.25) is 0 Å². The number of hydrogen-bond donors (Lipinski definition) is 2. The Morgan fingerprint density at radius 1 is 0.788 bits per heavy atom. The van der Waals surface area contributed by atoms with Gasteiger partial charge in [0.15, 0.2) is 5.60 Å². The second-order valence-corrected chi connectivity index (χ2v) is 10.3. The lowest BCUT2D eigenvalue weighted by atomic mass is 9.87. The molecule has 0 saturated heterocycles. The zero-order valence-corrected chi connectivity index (χ0v) is 21.1. The van der Waals surface area contributed by atoms with Gasteiger partial charge >= 0.3 is 0 Å². The Kier molecular flexibility index (Phi) is 7.28. The maximum Gasteiger partial charge on any atom is 0.267 e. The second kappa shape index (κ2) is 9.79. The van der Waals surface area contributed by atoms with Crippen molar-refractivity contribution < 1.29 is 14.3 Å². The Morgan fingerprint density at radius 3 is 1.94 bits per heavy atom. The number of carbonyl (C=O) groups is 2. The van der Waals surface area contributed by atoms with Crippen molar-refractivity contribution in [3.8, 4) is 5.75 Å². The highest BCUT2D eigenvalue weighted by molar-refractivity contribution is 9.10. The molecule has 0 unspecified atom stereocenters. The molecule has 0 aromatic heterocycles. The summed E-state index contributed by atoms with van der Waals surface area (Å²) in [5, 5.41) is 5.75. The quantitative estimate of drug-likeness (QED) is 0.384. The average Bonchev–Trinajstić information content (AvgIpc) is 2.75. The van der Waals surface area contributed by atoms with Crippen LogP contribution < -0.4 is 15.4 Å². The van der Waals surface area contributed by atoms with Gasteiger partial charge in [-0.25, -0.2) is 0 Å². The third-order valence-corrected chi connectivity index (χ3v) is 5.65. The first-order valence-corrected chi connectivity index (χ1v) is 11.5. The number of benzene rings is 3. The van der Waals surface area contributed by atoms with E-state index in [1.54, 1.807) is 50.2 Å². The first-order valence-electron chi connectivity index (χ1n) is 10.7. The molecule has 0 spiro atoms. The molecule has 5 nitrogen and oxygen atoms in total. The molecule has 172 valence electrons. The zero-order valence-electron chi connectivity index (χ0n) is 19.5. The highest BCUT2D eigenvalue weighted by atomic mass is 79.9. The zero-order chi connectivity index (χ0) is 24.2. The van der Waals surface area contributed by atoms with E-state index < -0.39 is 5.60 Å². The first-order chi connectivity index (χ1) is 15.4. The van der Waals surface area contributed by atoms with Crippen LogP contribution in [0.4, 0.5) is 11.4 Å². The normalized spacial score (nSPS) is 11.6. The van der Waals surface area contributed by atoms with Crippen LogP contribution in [0.2, 0.25) is 0 Å². The van der Waals surface area contributed by atoms with E-state index in [1.807, 2.05) is 36.4 Å². The molecule has 0 bridgehead atoms. The average molecular weight is 509 g/mol. The van der Waals surface area contributed by atoms with E-state index in [-0.39, 0.29) is 17.2 Å². The molecular formula is C27H29BrN2O3. The number of rotatable bonds is 6. The van der Waals surface area contributed by atoms with E-state index in [1.165, 1.54) is 0 Å². The molecule has 0 aliphatic rings. The maximum absolute atomic E-state index is 12.8. The fraction of sp³-hybridized carbons (Fsp3) is 0.259. The van der Waals surface area contributed by atoms with E-state index in [0.717, 1.165) is 10.0 Å². The lowest BCUT2D eigenvalue weighted by Gasteiger charge is -2.25. The highest BCUT2D eigenvalue weighted by Gasteiger charge is 2.30. The van der Waals surface area contributed by atoms with E-state index in [4.69, 9.17) is 4.74 Å². The van der Waals surface area contributed by atoms with Gasteiger partial charge in [0.1, 0.15) is 5.75 Å². The number of halogens is 1. The van der Waals surface area contributed by atoms with Crippen molar-refractivity contribution in [3.05, 3.63) is 88.4 Å². The van der Waals surface area contributed by atoms with Gasteiger partial charge in [-0.1, -0.05) is 54.9 Å². The van der Waals surface area contributed by atoms with Crippen LogP contribution in [0, 0.1) is 0 Å². The summed E-state index contributed by atoms with van der Waals surface area (Å²) in [4.78, 5) is 25.5. The van der Waals surface area contributed by atoms with Crippen molar-refractivity contribution in [3.63, 3.8) is 0 Å². The minimum Gasteiger partial charge on any atom is -0.478 e. The minimum atomic E-state index is -1.10. The summed E-state index contributed by atoms with van der Waals surface area (Å²) in [6, 6.07) is 21.9. The summed E-state index contributed by atoms with van der Waals surface area (Å²) in [7, 11) is 0. The van der Waals surface area contributed by atoms with Gasteiger partial charge < -0.3 is 15.4 Å². The molecule has 3 aromatic rings. The number of amides is 2. The predicted molar refractivity (Wildman–Crippen MR) is 137 cm³/mol. The van der Waals surface area contributed by atoms with Crippen LogP contribution >= 0.6 is 15.9 Å². The van der Waals surface area contributed by atoms with Crippen LogP contribution in [-0.4, -0.2) is 17.4 Å². The molecule has 0 aliphatic heterocycles. The van der Waals surface area contributed by atoms with Gasteiger partial charge in [0.25, 0.3) is 11.8 Å². The Balaban J connectivity index is 1.65. The largest absolute Gasteiger partial charge is 0.478 e. The fourth-order valence-corrected chi connectivity index (χ4v) is 3.39. The number of carbonyl (C=O) groups excluding carboxylic acids is 2. The number of ether oxygens (including phenoxy) is 1. The molecule has 2 N–H and O–H groups in total. The summed E-state index contributed by atoms with van der Waals surface area (Å²) in [5.74, 6) is 0.0846. The predicted octanol–water partition coefficient (Wildman–Crippen LogP) is 6.80. The van der Waals surface area contributed by atoms with E-state index >= 15 is 0 Å². The molecule has 0 atom stereocenters. The Labute approximate surface area is 203 Å². The molecule has 0 fully saturated rings. The van der Waals surface area contributed by atoms with Crippen LogP contribution in [0.3, 0.4) is 0 Å². The standard InChI is InChI=1S/C27H29BrN2O3/c1-26(2,3)19-11-9-18(10-12-19)24(31)29-21-7-6-8-22(17-21)30-25(32)27(4,5)33-23-15-13-20(28)14-16-23/h6-17H,1-5H3,(H,29,31)(H,30,32). The van der Waals surface area contributed by atoms with Crippen LogP contribution in [0.25, 0.3) is 0 Å². The monoisotopic (exact) mass is 508 g/mol. The van der Waals surface area contributed by atoms with Gasteiger partial charge in [-0.05, 0) is 79.4 Å². The second-order valence-electron chi connectivity index (χ2n) is 9.38. The fourth-order valence-electron chi connectivity index (χ4n) is 3.12. The van der Waals surface area contributed by atoms with E-state index in [2.05, 4.69) is 47.3 Å². The lowest BCUT2D eigenvalue weighted by molar-refractivity contribution is -0.128. The summed E-state index contributed by atoms with van der Waals surface area (Å²) >= 11 is 3.38. The summed E-state index contributed by atoms with van der Waals surface area (Å²) in [6.07, 6.45) is 0. The van der Waals surface area contributed by atoms with Gasteiger partial charge in [0.05, 0.1) is 0 Å². The van der Waals surface area contributed by atoms with Crippen molar-refractivity contribution in [1.82, 2.24) is 0 Å². The summed E-state index contributed by atoms with van der Waals surface area (Å²) in [5.41, 5.74) is 1.81. The van der Waals surface area contributed by atoms with Crippen LogP contribution in [-0.2, 0) is 10.2 Å². The molecule has 3 rings (SSSR count). The van der Waals surface area contributed by atoms with Crippen LogP contribution in [0.1, 0.15) is 50.5 Å². The van der Waals surface area contributed by atoms with Crippen LogP contribution in [0.15, 0.2) is 77.3 Å². The molecule has 33 heavy (non-hydrogen) atoms. The van der Waals surface area contributed by atoms with Gasteiger partial charge in [-0.2, -0.15) is 0 Å². The van der Waals surface area contributed by atoms with E-state index in [9.17, 15) is 9.59 Å². The molecule has 2 amide bonds. The Hall–Kier alpha value is -3.12. The SMILES string of the molecule is CC(C)(Oc1ccc(Br)cc1)C(=O)Nc1cccc(NC(=O)c2ccc(C(C)(C)C)cc2)c1. The molecule has 0 radical (unpaired) electrons. The number of hydrogen-bond acceptors (Lipinski definition) is 3. The summed E-state index contributed by atoms with van der Waals surface area (Å²) < 4.78 is 6.81. The van der Waals surface area contributed by atoms with Crippen molar-refractivity contribution in [2.24, 2.45) is 0 Å². The smallest absolute Gasteiger partial charge is 0.267 e. The van der Waals surface area contributed by atoms with Crippen molar-refractivity contribution in [2.45, 2.75) is 45.6 Å². The van der Waals surface area contributed by atoms with Crippen molar-refractivity contribution in [1.29, 1.82) is 0 Å². The maximum atomic E-state index is 12.8. The van der Waals surface area contributed by atoms with Gasteiger partial charge in [-0.15, -0.1) is 0 Å².